The monoisotopic (exact) mass is 293 g/mol. The maximum absolute atomic E-state index is 12.2. The van der Waals surface area contributed by atoms with Crippen LogP contribution < -0.4 is 5.32 Å². The molecular formula is C14H19N3O2S. The van der Waals surface area contributed by atoms with Gasteiger partial charge >= 0.3 is 0 Å². The second kappa shape index (κ2) is 7.21. The lowest BCUT2D eigenvalue weighted by atomic mass is 10.2. The highest BCUT2D eigenvalue weighted by atomic mass is 32.1. The summed E-state index contributed by atoms with van der Waals surface area (Å²) in [6.45, 7) is 6.95. The number of thiophene rings is 1. The van der Waals surface area contributed by atoms with Crippen molar-refractivity contribution >= 4 is 23.2 Å². The van der Waals surface area contributed by atoms with Crippen molar-refractivity contribution < 1.29 is 9.59 Å². The maximum atomic E-state index is 12.2. The summed E-state index contributed by atoms with van der Waals surface area (Å²) in [6, 6.07) is 1.84. The Hall–Kier alpha value is -1.66. The predicted molar refractivity (Wildman–Crippen MR) is 79.9 cm³/mol. The first-order chi connectivity index (χ1) is 9.72. The minimum absolute atomic E-state index is 0.0585. The molecule has 0 saturated carbocycles. The Balaban J connectivity index is 1.79. The van der Waals surface area contributed by atoms with Crippen molar-refractivity contribution in [3.8, 4) is 0 Å². The zero-order chi connectivity index (χ0) is 14.4. The molecule has 108 valence electrons. The van der Waals surface area contributed by atoms with Gasteiger partial charge in [0.25, 0.3) is 5.91 Å². The Morgan fingerprint density at radius 2 is 2.00 bits per heavy atom. The van der Waals surface area contributed by atoms with E-state index in [4.69, 9.17) is 0 Å². The molecule has 6 heteroatoms. The molecule has 1 aliphatic rings. The molecule has 0 spiro atoms. The van der Waals surface area contributed by atoms with Crippen molar-refractivity contribution in [2.45, 2.75) is 0 Å². The van der Waals surface area contributed by atoms with Gasteiger partial charge in [0, 0.05) is 38.1 Å². The lowest BCUT2D eigenvalue weighted by Crippen LogP contribution is -2.52. The van der Waals surface area contributed by atoms with E-state index in [1.807, 2.05) is 21.7 Å². The van der Waals surface area contributed by atoms with E-state index in [1.54, 1.807) is 11.0 Å². The third-order valence-corrected chi connectivity index (χ3v) is 3.94. The standard InChI is InChI=1S/C14H19N3O2S/c1-2-4-15-10-13(18)16-5-7-17(8-6-16)14(19)12-3-9-20-11-12/h2-3,9,11,15H,1,4-8,10H2. The lowest BCUT2D eigenvalue weighted by molar-refractivity contribution is -0.131. The highest BCUT2D eigenvalue weighted by Gasteiger charge is 2.24. The van der Waals surface area contributed by atoms with Crippen LogP contribution in [0.2, 0.25) is 0 Å². The maximum Gasteiger partial charge on any atom is 0.254 e. The van der Waals surface area contributed by atoms with E-state index in [9.17, 15) is 9.59 Å². The molecule has 1 N–H and O–H groups in total. The Kier molecular flexibility index (Phi) is 5.31. The summed E-state index contributed by atoms with van der Waals surface area (Å²) in [5.74, 6) is 0.137. The first-order valence-electron chi connectivity index (χ1n) is 6.63. The number of nitrogens with zero attached hydrogens (tertiary/aromatic N) is 2. The molecule has 2 rings (SSSR count). The molecule has 1 aromatic heterocycles. The SMILES string of the molecule is C=CCNCC(=O)N1CCN(C(=O)c2ccsc2)CC1. The second-order valence-electron chi connectivity index (χ2n) is 4.60. The second-order valence-corrected chi connectivity index (χ2v) is 5.38. The summed E-state index contributed by atoms with van der Waals surface area (Å²) in [5, 5.41) is 6.76. The molecule has 0 bridgehead atoms. The highest BCUT2D eigenvalue weighted by molar-refractivity contribution is 7.08. The summed E-state index contributed by atoms with van der Waals surface area (Å²) in [4.78, 5) is 27.7. The third kappa shape index (κ3) is 3.68. The summed E-state index contributed by atoms with van der Waals surface area (Å²) < 4.78 is 0. The summed E-state index contributed by atoms with van der Waals surface area (Å²) in [6.07, 6.45) is 1.73. The molecule has 0 aliphatic carbocycles. The fraction of sp³-hybridized carbons (Fsp3) is 0.429. The van der Waals surface area contributed by atoms with E-state index < -0.39 is 0 Å². The van der Waals surface area contributed by atoms with Crippen LogP contribution in [0, 0.1) is 0 Å². The molecule has 0 atom stereocenters. The van der Waals surface area contributed by atoms with E-state index in [-0.39, 0.29) is 11.8 Å². The zero-order valence-corrected chi connectivity index (χ0v) is 12.2. The topological polar surface area (TPSA) is 52.7 Å². The Labute approximate surface area is 122 Å². The molecule has 20 heavy (non-hydrogen) atoms. The molecular weight excluding hydrogens is 274 g/mol. The minimum Gasteiger partial charge on any atom is -0.338 e. The van der Waals surface area contributed by atoms with Gasteiger partial charge in [-0.3, -0.25) is 9.59 Å². The van der Waals surface area contributed by atoms with Crippen LogP contribution in [0.4, 0.5) is 0 Å². The van der Waals surface area contributed by atoms with Crippen molar-refractivity contribution in [1.82, 2.24) is 15.1 Å². The van der Waals surface area contributed by atoms with Crippen LogP contribution in [-0.4, -0.2) is 60.9 Å². The van der Waals surface area contributed by atoms with Crippen molar-refractivity contribution in [2.24, 2.45) is 0 Å². The van der Waals surface area contributed by atoms with Crippen molar-refractivity contribution in [2.75, 3.05) is 39.3 Å². The van der Waals surface area contributed by atoms with Crippen molar-refractivity contribution in [1.29, 1.82) is 0 Å². The fourth-order valence-electron chi connectivity index (χ4n) is 2.12. The average Bonchev–Trinajstić information content (AvgIpc) is 3.01. The van der Waals surface area contributed by atoms with Crippen LogP contribution >= 0.6 is 11.3 Å². The molecule has 1 aliphatic heterocycles. The number of hydrogen-bond acceptors (Lipinski definition) is 4. The van der Waals surface area contributed by atoms with Crippen LogP contribution in [0.15, 0.2) is 29.5 Å². The number of hydrogen-bond donors (Lipinski definition) is 1. The molecule has 1 saturated heterocycles. The number of nitrogens with one attached hydrogen (secondary N) is 1. The van der Waals surface area contributed by atoms with Gasteiger partial charge in [-0.25, -0.2) is 0 Å². The van der Waals surface area contributed by atoms with E-state index in [0.717, 1.165) is 5.56 Å². The summed E-state index contributed by atoms with van der Waals surface area (Å²) in [5.41, 5.74) is 0.738. The first kappa shape index (κ1) is 14.7. The quantitative estimate of drug-likeness (QED) is 0.645. The van der Waals surface area contributed by atoms with Crippen LogP contribution in [0.3, 0.4) is 0 Å². The Bertz CT molecular complexity index is 465. The van der Waals surface area contributed by atoms with Gasteiger partial charge in [0.15, 0.2) is 0 Å². The smallest absolute Gasteiger partial charge is 0.254 e. The average molecular weight is 293 g/mol. The van der Waals surface area contributed by atoms with Gasteiger partial charge in [0.2, 0.25) is 5.91 Å². The van der Waals surface area contributed by atoms with Crippen LogP contribution in [0.5, 0.6) is 0 Å². The van der Waals surface area contributed by atoms with Gasteiger partial charge in [-0.15, -0.1) is 6.58 Å². The zero-order valence-electron chi connectivity index (χ0n) is 11.4. The molecule has 2 amide bonds. The molecule has 0 aromatic carbocycles. The van der Waals surface area contributed by atoms with Crippen molar-refractivity contribution in [3.63, 3.8) is 0 Å². The third-order valence-electron chi connectivity index (χ3n) is 3.25. The van der Waals surface area contributed by atoms with Gasteiger partial charge in [-0.1, -0.05) is 6.08 Å². The molecule has 2 heterocycles. The van der Waals surface area contributed by atoms with E-state index in [0.29, 0.717) is 39.3 Å². The van der Waals surface area contributed by atoms with Gasteiger partial charge in [-0.05, 0) is 11.4 Å². The molecule has 1 aromatic rings. The van der Waals surface area contributed by atoms with E-state index >= 15 is 0 Å². The summed E-state index contributed by atoms with van der Waals surface area (Å²) >= 11 is 1.52. The Morgan fingerprint density at radius 3 is 2.60 bits per heavy atom. The van der Waals surface area contributed by atoms with Crippen LogP contribution in [-0.2, 0) is 4.79 Å². The van der Waals surface area contributed by atoms with E-state index in [1.165, 1.54) is 11.3 Å². The molecule has 0 unspecified atom stereocenters. The van der Waals surface area contributed by atoms with Crippen LogP contribution in [0.25, 0.3) is 0 Å². The van der Waals surface area contributed by atoms with Gasteiger partial charge in [0.1, 0.15) is 0 Å². The molecule has 5 nitrogen and oxygen atoms in total. The Morgan fingerprint density at radius 1 is 1.30 bits per heavy atom. The van der Waals surface area contributed by atoms with E-state index in [2.05, 4.69) is 11.9 Å². The largest absolute Gasteiger partial charge is 0.338 e. The van der Waals surface area contributed by atoms with Crippen LogP contribution in [0.1, 0.15) is 10.4 Å². The number of carbonyl (C=O) groups excluding carboxylic acids is 2. The summed E-state index contributed by atoms with van der Waals surface area (Å²) in [7, 11) is 0. The number of carbonyl (C=O) groups is 2. The first-order valence-corrected chi connectivity index (χ1v) is 7.57. The van der Waals surface area contributed by atoms with Gasteiger partial charge in [0.05, 0.1) is 12.1 Å². The highest BCUT2D eigenvalue weighted by Crippen LogP contribution is 2.11. The number of amides is 2. The minimum atomic E-state index is 0.0585. The molecule has 1 fully saturated rings. The number of piperazine rings is 1. The molecule has 0 radical (unpaired) electrons. The number of rotatable bonds is 5. The fourth-order valence-corrected chi connectivity index (χ4v) is 2.75. The van der Waals surface area contributed by atoms with Crippen molar-refractivity contribution in [3.05, 3.63) is 35.0 Å². The predicted octanol–water partition coefficient (Wildman–Crippen LogP) is 0.808. The van der Waals surface area contributed by atoms with Gasteiger partial charge < -0.3 is 15.1 Å². The van der Waals surface area contributed by atoms with Gasteiger partial charge in [-0.2, -0.15) is 11.3 Å². The lowest BCUT2D eigenvalue weighted by Gasteiger charge is -2.34. The normalized spacial score (nSPS) is 15.2.